The van der Waals surface area contributed by atoms with Crippen LogP contribution < -0.4 is 0 Å². The summed E-state index contributed by atoms with van der Waals surface area (Å²) in [5.41, 5.74) is 1.90. The van der Waals surface area contributed by atoms with Gasteiger partial charge in [-0.1, -0.05) is 18.7 Å². The largest absolute Gasteiger partial charge is 0.478 e. The number of carbonyl (C=O) groups excluding carboxylic acids is 1. The minimum atomic E-state index is -0.906. The second kappa shape index (κ2) is 6.57. The van der Waals surface area contributed by atoms with Crippen molar-refractivity contribution in [1.82, 2.24) is 0 Å². The van der Waals surface area contributed by atoms with Gasteiger partial charge in [-0.15, -0.1) is 0 Å². The number of hydrogen-bond acceptors (Lipinski definition) is 3. The molecule has 4 nitrogen and oxygen atoms in total. The van der Waals surface area contributed by atoms with Crippen LogP contribution in [0.3, 0.4) is 0 Å². The van der Waals surface area contributed by atoms with Crippen LogP contribution in [0.5, 0.6) is 0 Å². The Morgan fingerprint density at radius 2 is 1.71 bits per heavy atom. The molecule has 4 heteroatoms. The van der Waals surface area contributed by atoms with Gasteiger partial charge in [-0.05, 0) is 56.2 Å². The zero-order valence-electron chi connectivity index (χ0n) is 12.2. The predicted octanol–water partition coefficient (Wildman–Crippen LogP) is 3.53. The van der Waals surface area contributed by atoms with Gasteiger partial charge in [0.2, 0.25) is 0 Å². The van der Waals surface area contributed by atoms with Crippen molar-refractivity contribution in [3.8, 4) is 0 Å². The molecule has 1 aliphatic carbocycles. The highest BCUT2D eigenvalue weighted by Gasteiger charge is 2.25. The monoisotopic (exact) mass is 288 g/mol. The lowest BCUT2D eigenvalue weighted by atomic mass is 9.82. The SMILES string of the molecule is C=C(C)C(=O)OC1CCC(c2ccc(C(=O)O)cc2)CC1. The molecule has 0 atom stereocenters. The summed E-state index contributed by atoms with van der Waals surface area (Å²) in [7, 11) is 0. The maximum Gasteiger partial charge on any atom is 0.335 e. The second-order valence-corrected chi connectivity index (χ2v) is 5.59. The number of carbonyl (C=O) groups is 2. The first-order valence-corrected chi connectivity index (χ1v) is 7.17. The van der Waals surface area contributed by atoms with E-state index < -0.39 is 5.97 Å². The van der Waals surface area contributed by atoms with Crippen LogP contribution in [0, 0.1) is 0 Å². The Balaban J connectivity index is 1.90. The molecule has 1 fully saturated rings. The van der Waals surface area contributed by atoms with Gasteiger partial charge in [0.05, 0.1) is 5.56 Å². The first kappa shape index (κ1) is 15.3. The third-order valence-electron chi connectivity index (χ3n) is 3.93. The van der Waals surface area contributed by atoms with Crippen molar-refractivity contribution >= 4 is 11.9 Å². The van der Waals surface area contributed by atoms with E-state index in [2.05, 4.69) is 6.58 Å². The molecule has 21 heavy (non-hydrogen) atoms. The normalized spacial score (nSPS) is 21.6. The van der Waals surface area contributed by atoms with E-state index in [-0.39, 0.29) is 12.1 Å². The summed E-state index contributed by atoms with van der Waals surface area (Å²) < 4.78 is 5.37. The van der Waals surface area contributed by atoms with E-state index in [9.17, 15) is 9.59 Å². The molecule has 1 aliphatic rings. The minimum Gasteiger partial charge on any atom is -0.478 e. The van der Waals surface area contributed by atoms with Gasteiger partial charge in [0.15, 0.2) is 0 Å². The molecule has 1 aromatic rings. The Morgan fingerprint density at radius 3 is 2.19 bits per heavy atom. The summed E-state index contributed by atoms with van der Waals surface area (Å²) in [5.74, 6) is -0.811. The van der Waals surface area contributed by atoms with Crippen LogP contribution in [-0.2, 0) is 9.53 Å². The quantitative estimate of drug-likeness (QED) is 0.680. The summed E-state index contributed by atoms with van der Waals surface area (Å²) in [4.78, 5) is 22.3. The summed E-state index contributed by atoms with van der Waals surface area (Å²) >= 11 is 0. The van der Waals surface area contributed by atoms with Crippen molar-refractivity contribution in [2.75, 3.05) is 0 Å². The fraction of sp³-hybridized carbons (Fsp3) is 0.412. The smallest absolute Gasteiger partial charge is 0.335 e. The molecule has 0 radical (unpaired) electrons. The Labute approximate surface area is 124 Å². The van der Waals surface area contributed by atoms with Crippen molar-refractivity contribution in [2.45, 2.75) is 44.6 Å². The number of aromatic carboxylic acids is 1. The summed E-state index contributed by atoms with van der Waals surface area (Å²) in [6, 6.07) is 7.05. The number of ether oxygens (including phenoxy) is 1. The molecule has 2 rings (SSSR count). The lowest BCUT2D eigenvalue weighted by Gasteiger charge is -2.28. The fourth-order valence-electron chi connectivity index (χ4n) is 2.66. The van der Waals surface area contributed by atoms with Crippen molar-refractivity contribution in [1.29, 1.82) is 0 Å². The van der Waals surface area contributed by atoms with Gasteiger partial charge in [0.1, 0.15) is 6.10 Å². The number of carboxylic acids is 1. The van der Waals surface area contributed by atoms with Gasteiger partial charge in [0.25, 0.3) is 0 Å². The predicted molar refractivity (Wildman–Crippen MR) is 79.3 cm³/mol. The highest BCUT2D eigenvalue weighted by Crippen LogP contribution is 2.34. The molecule has 0 aromatic heterocycles. The summed E-state index contributed by atoms with van der Waals surface area (Å²) in [5, 5.41) is 8.89. The van der Waals surface area contributed by atoms with Crippen LogP contribution in [0.2, 0.25) is 0 Å². The fourth-order valence-corrected chi connectivity index (χ4v) is 2.66. The molecule has 0 aliphatic heterocycles. The number of hydrogen-bond donors (Lipinski definition) is 1. The molecular weight excluding hydrogens is 268 g/mol. The van der Waals surface area contributed by atoms with E-state index in [1.54, 1.807) is 19.1 Å². The van der Waals surface area contributed by atoms with Gasteiger partial charge in [0, 0.05) is 5.57 Å². The van der Waals surface area contributed by atoms with Crippen LogP contribution in [0.1, 0.15) is 54.4 Å². The van der Waals surface area contributed by atoms with E-state index in [4.69, 9.17) is 9.84 Å². The third kappa shape index (κ3) is 3.94. The van der Waals surface area contributed by atoms with Gasteiger partial charge in [-0.2, -0.15) is 0 Å². The summed E-state index contributed by atoms with van der Waals surface area (Å²) in [6.07, 6.45) is 3.54. The maximum absolute atomic E-state index is 11.5. The average Bonchev–Trinajstić information content (AvgIpc) is 2.48. The Kier molecular flexibility index (Phi) is 4.78. The zero-order valence-corrected chi connectivity index (χ0v) is 12.2. The van der Waals surface area contributed by atoms with Crippen LogP contribution in [0.15, 0.2) is 36.4 Å². The van der Waals surface area contributed by atoms with Crippen molar-refractivity contribution < 1.29 is 19.4 Å². The number of rotatable bonds is 4. The standard InChI is InChI=1S/C17H20O4/c1-11(2)17(20)21-15-9-7-13(8-10-15)12-3-5-14(6-4-12)16(18)19/h3-6,13,15H,1,7-10H2,2H3,(H,18,19). The van der Waals surface area contributed by atoms with Crippen molar-refractivity contribution in [3.05, 3.63) is 47.5 Å². The van der Waals surface area contributed by atoms with Gasteiger partial charge in [-0.25, -0.2) is 9.59 Å². The molecule has 0 heterocycles. The first-order chi connectivity index (χ1) is 9.97. The highest BCUT2D eigenvalue weighted by atomic mass is 16.5. The molecule has 0 saturated heterocycles. The first-order valence-electron chi connectivity index (χ1n) is 7.17. The van der Waals surface area contributed by atoms with Gasteiger partial charge in [-0.3, -0.25) is 0 Å². The summed E-state index contributed by atoms with van der Waals surface area (Å²) in [6.45, 7) is 5.23. The molecule has 1 aromatic carbocycles. The minimum absolute atomic E-state index is 0.0243. The van der Waals surface area contributed by atoms with E-state index >= 15 is 0 Å². The molecule has 0 spiro atoms. The molecule has 0 bridgehead atoms. The van der Waals surface area contributed by atoms with Crippen LogP contribution in [0.4, 0.5) is 0 Å². The van der Waals surface area contributed by atoms with Crippen molar-refractivity contribution in [3.63, 3.8) is 0 Å². The maximum atomic E-state index is 11.5. The Bertz CT molecular complexity index is 536. The number of benzene rings is 1. The van der Waals surface area contributed by atoms with Crippen LogP contribution in [-0.4, -0.2) is 23.1 Å². The molecule has 1 N–H and O–H groups in total. The molecule has 112 valence electrons. The number of carboxylic acid groups (broad SMARTS) is 1. The molecule has 0 amide bonds. The lowest BCUT2D eigenvalue weighted by Crippen LogP contribution is -2.24. The molecular formula is C17H20O4. The van der Waals surface area contributed by atoms with Gasteiger partial charge < -0.3 is 9.84 Å². The molecule has 1 saturated carbocycles. The van der Waals surface area contributed by atoms with E-state index in [1.807, 2.05) is 12.1 Å². The second-order valence-electron chi connectivity index (χ2n) is 5.59. The van der Waals surface area contributed by atoms with Crippen LogP contribution in [0.25, 0.3) is 0 Å². The van der Waals surface area contributed by atoms with Crippen LogP contribution >= 0.6 is 0 Å². The van der Waals surface area contributed by atoms with Crippen molar-refractivity contribution in [2.24, 2.45) is 0 Å². The van der Waals surface area contributed by atoms with E-state index in [0.717, 1.165) is 31.2 Å². The lowest BCUT2D eigenvalue weighted by molar-refractivity contribution is -0.145. The number of esters is 1. The average molecular weight is 288 g/mol. The Morgan fingerprint density at radius 1 is 1.14 bits per heavy atom. The van der Waals surface area contributed by atoms with E-state index in [1.165, 1.54) is 0 Å². The topological polar surface area (TPSA) is 63.6 Å². The Hall–Kier alpha value is -2.10. The van der Waals surface area contributed by atoms with E-state index in [0.29, 0.717) is 17.1 Å². The van der Waals surface area contributed by atoms with Gasteiger partial charge >= 0.3 is 11.9 Å². The third-order valence-corrected chi connectivity index (χ3v) is 3.93. The molecule has 0 unspecified atom stereocenters. The highest BCUT2D eigenvalue weighted by molar-refractivity contribution is 5.87. The zero-order chi connectivity index (χ0) is 15.4.